The zero-order chi connectivity index (χ0) is 22.7. The van der Waals surface area contributed by atoms with Crippen molar-refractivity contribution in [1.29, 1.82) is 0 Å². The smallest absolute Gasteiger partial charge is 0.344 e. The second-order valence-electron chi connectivity index (χ2n) is 8.17. The maximum absolute atomic E-state index is 12.8. The maximum Gasteiger partial charge on any atom is 0.344 e. The number of halogens is 1. The third-order valence-electron chi connectivity index (χ3n) is 5.54. The van der Waals surface area contributed by atoms with Crippen LogP contribution in [0.2, 0.25) is 5.02 Å². The first-order chi connectivity index (χ1) is 15.3. The summed E-state index contributed by atoms with van der Waals surface area (Å²) in [6.07, 6.45) is 3.06. The highest BCUT2D eigenvalue weighted by Gasteiger charge is 2.24. The second-order valence-corrected chi connectivity index (χ2v) is 10.8. The molecule has 0 bridgehead atoms. The van der Waals surface area contributed by atoms with Crippen molar-refractivity contribution < 1.29 is 13.7 Å². The summed E-state index contributed by atoms with van der Waals surface area (Å²) >= 11 is 6.28. The fourth-order valence-corrected chi connectivity index (χ4v) is 4.68. The molecular formula is C21H29ClN6O3S. The summed E-state index contributed by atoms with van der Waals surface area (Å²) in [5, 5.41) is 4.92. The number of hydrogen-bond donors (Lipinski definition) is 1. The number of benzene rings is 1. The Balaban J connectivity index is 1.36. The molecule has 1 unspecified atom stereocenters. The SMILES string of the molecule is C=S(C)(=O)Nc1ccn(C(=O)N2CCN(Cc3ccc(Cl)cc3N3CCOCC3)CC2)n1. The lowest BCUT2D eigenvalue weighted by atomic mass is 10.1. The molecule has 2 aliphatic rings. The maximum atomic E-state index is 12.8. The van der Waals surface area contributed by atoms with Crippen LogP contribution in [0.25, 0.3) is 0 Å². The van der Waals surface area contributed by atoms with E-state index in [2.05, 4.69) is 31.6 Å². The summed E-state index contributed by atoms with van der Waals surface area (Å²) in [4.78, 5) is 19.3. The number of nitrogens with zero attached hydrogens (tertiary/aromatic N) is 5. The standard InChI is InChI=1S/C21H29ClN6O3S/c1-32(2,30)24-20-5-6-28(23-20)21(29)27-9-7-25(8-10-27)16-17-3-4-18(22)15-19(17)26-11-13-31-14-12-26/h3-6,15H,1,7-14,16H2,2H3,(H,23,24,30). The molecule has 1 amide bonds. The van der Waals surface area contributed by atoms with Crippen molar-refractivity contribution in [3.63, 3.8) is 0 Å². The number of anilines is 2. The van der Waals surface area contributed by atoms with Gasteiger partial charge in [0.1, 0.15) is 0 Å². The molecule has 1 N–H and O–H groups in total. The average Bonchev–Trinajstić information content (AvgIpc) is 3.22. The van der Waals surface area contributed by atoms with E-state index in [1.807, 2.05) is 12.1 Å². The van der Waals surface area contributed by atoms with Gasteiger partial charge in [-0.05, 0) is 23.6 Å². The van der Waals surface area contributed by atoms with Gasteiger partial charge in [-0.15, -0.1) is 5.10 Å². The zero-order valence-electron chi connectivity index (χ0n) is 18.2. The van der Waals surface area contributed by atoms with Crippen LogP contribution in [0.3, 0.4) is 0 Å². The second kappa shape index (κ2) is 9.70. The van der Waals surface area contributed by atoms with Crippen molar-refractivity contribution in [2.75, 3.05) is 68.4 Å². The lowest BCUT2D eigenvalue weighted by molar-refractivity contribution is 0.122. The number of carbonyl (C=O) groups excluding carboxylic acids is 1. The summed E-state index contributed by atoms with van der Waals surface area (Å²) in [5.41, 5.74) is 2.39. The molecule has 0 aliphatic carbocycles. The highest BCUT2D eigenvalue weighted by Crippen LogP contribution is 2.27. The monoisotopic (exact) mass is 480 g/mol. The molecule has 9 nitrogen and oxygen atoms in total. The number of nitrogens with one attached hydrogen (secondary N) is 1. The zero-order valence-corrected chi connectivity index (χ0v) is 19.8. The fraction of sp³-hybridized carbons (Fsp3) is 0.476. The molecule has 1 aromatic heterocycles. The van der Waals surface area contributed by atoms with Gasteiger partial charge in [0.2, 0.25) is 0 Å². The van der Waals surface area contributed by atoms with Crippen molar-refractivity contribution in [1.82, 2.24) is 19.6 Å². The molecular weight excluding hydrogens is 452 g/mol. The van der Waals surface area contributed by atoms with Gasteiger partial charge in [-0.2, -0.15) is 4.68 Å². The number of morpholine rings is 1. The molecule has 4 rings (SSSR count). The molecule has 0 radical (unpaired) electrons. The molecule has 2 aliphatic heterocycles. The Morgan fingerprint density at radius 1 is 1.19 bits per heavy atom. The van der Waals surface area contributed by atoms with Crippen LogP contribution in [0.5, 0.6) is 0 Å². The molecule has 174 valence electrons. The number of aromatic nitrogens is 2. The van der Waals surface area contributed by atoms with Crippen LogP contribution in [0, 0.1) is 0 Å². The van der Waals surface area contributed by atoms with Crippen LogP contribution in [0.15, 0.2) is 30.5 Å². The van der Waals surface area contributed by atoms with Gasteiger partial charge in [-0.25, -0.2) is 9.00 Å². The van der Waals surface area contributed by atoms with Crippen LogP contribution < -0.4 is 9.62 Å². The Labute approximate surface area is 194 Å². The highest BCUT2D eigenvalue weighted by molar-refractivity contribution is 8.00. The largest absolute Gasteiger partial charge is 0.378 e. The Kier molecular flexibility index (Phi) is 6.94. The first kappa shape index (κ1) is 22.9. The minimum Gasteiger partial charge on any atom is -0.378 e. The molecule has 0 saturated carbocycles. The van der Waals surface area contributed by atoms with Crippen molar-refractivity contribution in [2.45, 2.75) is 6.54 Å². The summed E-state index contributed by atoms with van der Waals surface area (Å²) in [5.74, 6) is 3.92. The van der Waals surface area contributed by atoms with E-state index < -0.39 is 9.71 Å². The number of carbonyl (C=O) groups is 1. The van der Waals surface area contributed by atoms with Crippen molar-refractivity contribution in [3.8, 4) is 0 Å². The third kappa shape index (κ3) is 5.74. The molecule has 32 heavy (non-hydrogen) atoms. The van der Waals surface area contributed by atoms with Crippen LogP contribution in [-0.4, -0.2) is 94.4 Å². The van der Waals surface area contributed by atoms with Crippen LogP contribution >= 0.6 is 11.6 Å². The Hall–Kier alpha value is -2.27. The summed E-state index contributed by atoms with van der Waals surface area (Å²) in [7, 11) is -2.44. The topological polar surface area (TPSA) is 82.9 Å². The van der Waals surface area contributed by atoms with Crippen LogP contribution in [0.4, 0.5) is 16.3 Å². The summed E-state index contributed by atoms with van der Waals surface area (Å²) < 4.78 is 21.3. The van der Waals surface area contributed by atoms with E-state index in [4.69, 9.17) is 16.3 Å². The van der Waals surface area contributed by atoms with Crippen LogP contribution in [-0.2, 0) is 21.0 Å². The molecule has 2 aromatic rings. The Morgan fingerprint density at radius 2 is 1.91 bits per heavy atom. The number of amides is 1. The number of rotatable bonds is 5. The van der Waals surface area contributed by atoms with Gasteiger partial charge in [0, 0.05) is 84.8 Å². The molecule has 2 fully saturated rings. The van der Waals surface area contributed by atoms with E-state index in [1.165, 1.54) is 16.5 Å². The molecule has 3 heterocycles. The lowest BCUT2D eigenvalue weighted by Crippen LogP contribution is -2.49. The minimum absolute atomic E-state index is 0.190. The Morgan fingerprint density at radius 3 is 2.59 bits per heavy atom. The van der Waals surface area contributed by atoms with Crippen molar-refractivity contribution >= 4 is 44.7 Å². The lowest BCUT2D eigenvalue weighted by Gasteiger charge is -2.36. The van der Waals surface area contributed by atoms with E-state index in [-0.39, 0.29) is 6.03 Å². The van der Waals surface area contributed by atoms with E-state index >= 15 is 0 Å². The minimum atomic E-state index is -2.44. The van der Waals surface area contributed by atoms with Crippen molar-refractivity contribution in [2.24, 2.45) is 0 Å². The van der Waals surface area contributed by atoms with Gasteiger partial charge in [-0.1, -0.05) is 17.7 Å². The predicted octanol–water partition coefficient (Wildman–Crippen LogP) is 1.83. The number of piperazine rings is 1. The van der Waals surface area contributed by atoms with Crippen LogP contribution in [0.1, 0.15) is 5.56 Å². The summed E-state index contributed by atoms with van der Waals surface area (Å²) in [6, 6.07) is 7.49. The average molecular weight is 481 g/mol. The Bertz CT molecular complexity index is 1060. The molecule has 1 atom stereocenters. The third-order valence-corrected chi connectivity index (χ3v) is 6.42. The first-order valence-electron chi connectivity index (χ1n) is 10.6. The normalized spacial score (nSPS) is 19.6. The number of hydrogen-bond acceptors (Lipinski definition) is 6. The number of ether oxygens (including phenoxy) is 1. The van der Waals surface area contributed by atoms with E-state index in [1.54, 1.807) is 17.2 Å². The van der Waals surface area contributed by atoms with E-state index in [0.717, 1.165) is 56.6 Å². The van der Waals surface area contributed by atoms with E-state index in [9.17, 15) is 9.00 Å². The van der Waals surface area contributed by atoms with Gasteiger partial charge in [-0.3, -0.25) is 9.62 Å². The summed E-state index contributed by atoms with van der Waals surface area (Å²) in [6.45, 7) is 6.73. The molecule has 1 aromatic carbocycles. The van der Waals surface area contributed by atoms with Gasteiger partial charge >= 0.3 is 6.03 Å². The van der Waals surface area contributed by atoms with Gasteiger partial charge in [0.25, 0.3) is 0 Å². The van der Waals surface area contributed by atoms with Crippen molar-refractivity contribution in [3.05, 3.63) is 41.0 Å². The molecule has 2 saturated heterocycles. The quantitative estimate of drug-likeness (QED) is 0.657. The first-order valence-corrected chi connectivity index (χ1v) is 13.1. The highest BCUT2D eigenvalue weighted by atomic mass is 35.5. The van der Waals surface area contributed by atoms with Gasteiger partial charge in [0.15, 0.2) is 5.82 Å². The molecule has 11 heteroatoms. The van der Waals surface area contributed by atoms with Gasteiger partial charge < -0.3 is 14.5 Å². The molecule has 0 spiro atoms. The fourth-order valence-electron chi connectivity index (χ4n) is 3.96. The predicted molar refractivity (Wildman–Crippen MR) is 129 cm³/mol. The van der Waals surface area contributed by atoms with E-state index in [0.29, 0.717) is 18.9 Å². The van der Waals surface area contributed by atoms with Gasteiger partial charge in [0.05, 0.1) is 13.2 Å².